The minimum Gasteiger partial charge on any atom is -0.379 e. The van der Waals surface area contributed by atoms with E-state index >= 15 is 0 Å². The van der Waals surface area contributed by atoms with Gasteiger partial charge in [-0.15, -0.1) is 0 Å². The van der Waals surface area contributed by atoms with Gasteiger partial charge in [0, 0.05) is 12.1 Å². The van der Waals surface area contributed by atoms with Crippen LogP contribution in [0.3, 0.4) is 0 Å². The zero-order valence-corrected chi connectivity index (χ0v) is 9.80. The third-order valence-corrected chi connectivity index (χ3v) is 3.34. The SMILES string of the molecule is NC1CCCC(Nc2c(F)cccc2Cl)C1. The van der Waals surface area contributed by atoms with Crippen molar-refractivity contribution in [2.45, 2.75) is 37.8 Å². The molecule has 0 saturated heterocycles. The molecule has 0 amide bonds. The van der Waals surface area contributed by atoms with Crippen LogP contribution in [0.2, 0.25) is 5.02 Å². The maximum Gasteiger partial charge on any atom is 0.147 e. The average molecular weight is 243 g/mol. The fourth-order valence-corrected chi connectivity index (χ4v) is 2.42. The Labute approximate surface area is 100.0 Å². The van der Waals surface area contributed by atoms with Gasteiger partial charge in [-0.25, -0.2) is 4.39 Å². The summed E-state index contributed by atoms with van der Waals surface area (Å²) in [4.78, 5) is 0. The molecule has 2 nitrogen and oxygen atoms in total. The minimum absolute atomic E-state index is 0.219. The van der Waals surface area contributed by atoms with Crippen molar-refractivity contribution in [2.75, 3.05) is 5.32 Å². The number of anilines is 1. The van der Waals surface area contributed by atoms with Crippen molar-refractivity contribution < 1.29 is 4.39 Å². The molecule has 2 unspecified atom stereocenters. The molecule has 16 heavy (non-hydrogen) atoms. The molecule has 0 radical (unpaired) electrons. The van der Waals surface area contributed by atoms with Gasteiger partial charge in [-0.3, -0.25) is 0 Å². The summed E-state index contributed by atoms with van der Waals surface area (Å²) in [6, 6.07) is 5.16. The number of benzene rings is 1. The van der Waals surface area contributed by atoms with Crippen molar-refractivity contribution in [3.8, 4) is 0 Å². The molecule has 2 rings (SSSR count). The third-order valence-electron chi connectivity index (χ3n) is 3.03. The smallest absolute Gasteiger partial charge is 0.147 e. The molecular formula is C12H16ClFN2. The van der Waals surface area contributed by atoms with Crippen LogP contribution >= 0.6 is 11.6 Å². The zero-order valence-electron chi connectivity index (χ0n) is 9.05. The van der Waals surface area contributed by atoms with Crippen LogP contribution in [0, 0.1) is 5.82 Å². The summed E-state index contributed by atoms with van der Waals surface area (Å²) in [5.74, 6) is -0.299. The number of nitrogens with two attached hydrogens (primary N) is 1. The Morgan fingerprint density at radius 3 is 2.88 bits per heavy atom. The second-order valence-electron chi connectivity index (χ2n) is 4.36. The summed E-state index contributed by atoms with van der Waals surface area (Å²) in [5, 5.41) is 3.59. The van der Waals surface area contributed by atoms with Crippen LogP contribution in [0.25, 0.3) is 0 Å². The maximum absolute atomic E-state index is 13.5. The van der Waals surface area contributed by atoms with Crippen molar-refractivity contribution >= 4 is 17.3 Å². The monoisotopic (exact) mass is 242 g/mol. The predicted molar refractivity (Wildman–Crippen MR) is 65.3 cm³/mol. The van der Waals surface area contributed by atoms with E-state index in [1.165, 1.54) is 6.07 Å². The summed E-state index contributed by atoms with van der Waals surface area (Å²) < 4.78 is 13.5. The standard InChI is InChI=1S/C12H16ClFN2/c13-10-5-2-6-11(14)12(10)16-9-4-1-3-8(15)7-9/h2,5-6,8-9,16H,1,3-4,7,15H2. The van der Waals surface area contributed by atoms with Crippen LogP contribution in [-0.2, 0) is 0 Å². The van der Waals surface area contributed by atoms with Crippen LogP contribution in [0.15, 0.2) is 18.2 Å². The van der Waals surface area contributed by atoms with E-state index in [4.69, 9.17) is 17.3 Å². The highest BCUT2D eigenvalue weighted by Crippen LogP contribution is 2.28. The van der Waals surface area contributed by atoms with Gasteiger partial charge in [0.2, 0.25) is 0 Å². The largest absolute Gasteiger partial charge is 0.379 e. The summed E-state index contributed by atoms with van der Waals surface area (Å²) in [5.41, 5.74) is 6.29. The quantitative estimate of drug-likeness (QED) is 0.836. The van der Waals surface area contributed by atoms with Crippen LogP contribution in [-0.4, -0.2) is 12.1 Å². The van der Waals surface area contributed by atoms with Gasteiger partial charge < -0.3 is 11.1 Å². The summed E-state index contributed by atoms with van der Waals surface area (Å²) in [6.45, 7) is 0. The van der Waals surface area contributed by atoms with E-state index in [1.807, 2.05) is 0 Å². The van der Waals surface area contributed by atoms with Crippen LogP contribution in [0.1, 0.15) is 25.7 Å². The van der Waals surface area contributed by atoms with Gasteiger partial charge in [0.15, 0.2) is 0 Å². The Morgan fingerprint density at radius 1 is 1.38 bits per heavy atom. The normalized spacial score (nSPS) is 25.4. The van der Waals surface area contributed by atoms with Gasteiger partial charge in [-0.05, 0) is 37.8 Å². The van der Waals surface area contributed by atoms with Crippen LogP contribution in [0.5, 0.6) is 0 Å². The van der Waals surface area contributed by atoms with E-state index in [0.717, 1.165) is 25.7 Å². The van der Waals surface area contributed by atoms with Crippen molar-refractivity contribution in [1.29, 1.82) is 0 Å². The number of nitrogens with one attached hydrogen (secondary N) is 1. The van der Waals surface area contributed by atoms with E-state index in [0.29, 0.717) is 10.7 Å². The second kappa shape index (κ2) is 5.02. The molecule has 0 bridgehead atoms. The molecule has 0 aromatic heterocycles. The van der Waals surface area contributed by atoms with Crippen LogP contribution < -0.4 is 11.1 Å². The molecule has 1 aromatic carbocycles. The van der Waals surface area contributed by atoms with Gasteiger partial charge in [-0.2, -0.15) is 0 Å². The molecule has 88 valence electrons. The fourth-order valence-electron chi connectivity index (χ4n) is 2.20. The Kier molecular flexibility index (Phi) is 3.66. The highest BCUT2D eigenvalue weighted by molar-refractivity contribution is 6.33. The number of rotatable bonds is 2. The first-order valence-electron chi connectivity index (χ1n) is 5.63. The molecule has 1 aromatic rings. The molecule has 2 atom stereocenters. The molecule has 0 aliphatic heterocycles. The van der Waals surface area contributed by atoms with Crippen molar-refractivity contribution in [3.05, 3.63) is 29.0 Å². The molecular weight excluding hydrogens is 227 g/mol. The molecule has 3 N–H and O–H groups in total. The average Bonchev–Trinajstić information content (AvgIpc) is 2.24. The van der Waals surface area contributed by atoms with Crippen LogP contribution in [0.4, 0.5) is 10.1 Å². The van der Waals surface area contributed by atoms with E-state index in [1.54, 1.807) is 12.1 Å². The lowest BCUT2D eigenvalue weighted by Crippen LogP contribution is -2.35. The lowest BCUT2D eigenvalue weighted by molar-refractivity contribution is 0.408. The first-order valence-corrected chi connectivity index (χ1v) is 6.00. The van der Waals surface area contributed by atoms with E-state index in [9.17, 15) is 4.39 Å². The van der Waals surface area contributed by atoms with Gasteiger partial charge in [0.1, 0.15) is 5.82 Å². The highest BCUT2D eigenvalue weighted by atomic mass is 35.5. The van der Waals surface area contributed by atoms with Crippen molar-refractivity contribution in [2.24, 2.45) is 5.73 Å². The molecule has 4 heteroatoms. The number of hydrogen-bond acceptors (Lipinski definition) is 2. The predicted octanol–water partition coefficient (Wildman–Crippen LogP) is 3.16. The zero-order chi connectivity index (χ0) is 11.5. The minimum atomic E-state index is -0.299. The highest BCUT2D eigenvalue weighted by Gasteiger charge is 2.20. The third kappa shape index (κ3) is 2.66. The van der Waals surface area contributed by atoms with E-state index < -0.39 is 0 Å². The van der Waals surface area contributed by atoms with E-state index in [-0.39, 0.29) is 17.9 Å². The Balaban J connectivity index is 2.08. The number of para-hydroxylation sites is 1. The van der Waals surface area contributed by atoms with Crippen molar-refractivity contribution in [3.63, 3.8) is 0 Å². The summed E-state index contributed by atoms with van der Waals surface area (Å²) in [6.07, 6.45) is 4.05. The van der Waals surface area contributed by atoms with Gasteiger partial charge in [0.05, 0.1) is 10.7 Å². The first kappa shape index (κ1) is 11.7. The van der Waals surface area contributed by atoms with Gasteiger partial charge >= 0.3 is 0 Å². The molecule has 1 aliphatic carbocycles. The summed E-state index contributed by atoms with van der Waals surface area (Å²) >= 11 is 5.95. The first-order chi connectivity index (χ1) is 7.66. The van der Waals surface area contributed by atoms with E-state index in [2.05, 4.69) is 5.32 Å². The number of hydrogen-bond donors (Lipinski definition) is 2. The van der Waals surface area contributed by atoms with Gasteiger partial charge in [0.25, 0.3) is 0 Å². The Hall–Kier alpha value is -0.800. The molecule has 1 saturated carbocycles. The van der Waals surface area contributed by atoms with Gasteiger partial charge in [-0.1, -0.05) is 17.7 Å². The number of halogens is 2. The Morgan fingerprint density at radius 2 is 2.19 bits per heavy atom. The maximum atomic E-state index is 13.5. The molecule has 1 aliphatic rings. The Bertz CT molecular complexity index is 350. The van der Waals surface area contributed by atoms with Crippen molar-refractivity contribution in [1.82, 2.24) is 0 Å². The lowest BCUT2D eigenvalue weighted by atomic mass is 9.91. The topological polar surface area (TPSA) is 38.0 Å². The summed E-state index contributed by atoms with van der Waals surface area (Å²) in [7, 11) is 0. The fraction of sp³-hybridized carbons (Fsp3) is 0.500. The molecule has 0 spiro atoms. The second-order valence-corrected chi connectivity index (χ2v) is 4.77. The lowest BCUT2D eigenvalue weighted by Gasteiger charge is -2.28. The molecule has 1 fully saturated rings. The molecule has 0 heterocycles.